The molecule has 13 heavy (non-hydrogen) atoms. The minimum absolute atomic E-state index is 0.0244. The van der Waals surface area contributed by atoms with Crippen LogP contribution < -0.4 is 5.32 Å². The Labute approximate surface area is 81.0 Å². The normalized spacial score (nSPS) is 29.8. The Morgan fingerprint density at radius 1 is 1.46 bits per heavy atom. The zero-order valence-electron chi connectivity index (χ0n) is 7.28. The number of carbonyl (C=O) groups is 2. The Bertz CT molecular complexity index is 222. The summed E-state index contributed by atoms with van der Waals surface area (Å²) in [7, 11) is 0. The van der Waals surface area contributed by atoms with Crippen LogP contribution in [0.25, 0.3) is 0 Å². The topological polar surface area (TPSA) is 49.4 Å². The lowest BCUT2D eigenvalue weighted by atomic mass is 10.1. The number of thioether (sulfide) groups is 1. The second-order valence-electron chi connectivity index (χ2n) is 3.32. The number of rotatable bonds is 1. The van der Waals surface area contributed by atoms with E-state index in [2.05, 4.69) is 5.32 Å². The molecule has 72 valence electrons. The zero-order valence-corrected chi connectivity index (χ0v) is 8.10. The molecule has 2 heterocycles. The van der Waals surface area contributed by atoms with E-state index in [1.54, 1.807) is 0 Å². The molecule has 0 radical (unpaired) electrons. The predicted octanol–water partition coefficient (Wildman–Crippen LogP) is 0.434. The standard InChI is InChI=1S/C8H12N2O2S/c11-7-5-13-8(12)10(7)6-2-1-3-9-4-6/h6,9H,1-5H2. The lowest BCUT2D eigenvalue weighted by Crippen LogP contribution is -2.48. The fourth-order valence-electron chi connectivity index (χ4n) is 1.77. The van der Waals surface area contributed by atoms with Crippen molar-refractivity contribution in [3.05, 3.63) is 0 Å². The van der Waals surface area contributed by atoms with Crippen LogP contribution in [0.15, 0.2) is 0 Å². The van der Waals surface area contributed by atoms with Crippen molar-refractivity contribution in [2.45, 2.75) is 18.9 Å². The first-order chi connectivity index (χ1) is 6.29. The summed E-state index contributed by atoms with van der Waals surface area (Å²) in [5.74, 6) is 0.304. The van der Waals surface area contributed by atoms with Crippen molar-refractivity contribution in [1.82, 2.24) is 10.2 Å². The molecule has 0 aromatic rings. The third-order valence-corrected chi connectivity index (χ3v) is 3.26. The van der Waals surface area contributed by atoms with Gasteiger partial charge in [0, 0.05) is 6.54 Å². The highest BCUT2D eigenvalue weighted by molar-refractivity contribution is 8.14. The van der Waals surface area contributed by atoms with Gasteiger partial charge in [-0.15, -0.1) is 0 Å². The molecule has 1 N–H and O–H groups in total. The summed E-state index contributed by atoms with van der Waals surface area (Å²) >= 11 is 1.12. The molecule has 4 nitrogen and oxygen atoms in total. The number of nitrogens with zero attached hydrogens (tertiary/aromatic N) is 1. The molecule has 0 saturated carbocycles. The predicted molar refractivity (Wildman–Crippen MR) is 50.6 cm³/mol. The number of carbonyl (C=O) groups excluding carboxylic acids is 2. The maximum absolute atomic E-state index is 11.3. The van der Waals surface area contributed by atoms with Gasteiger partial charge in [-0.2, -0.15) is 0 Å². The van der Waals surface area contributed by atoms with Gasteiger partial charge in [-0.1, -0.05) is 11.8 Å². The maximum atomic E-state index is 11.3. The molecule has 5 heteroatoms. The highest BCUT2D eigenvalue weighted by Gasteiger charge is 2.36. The third kappa shape index (κ3) is 1.71. The Hall–Kier alpha value is -0.550. The molecule has 0 bridgehead atoms. The average molecular weight is 200 g/mol. The van der Waals surface area contributed by atoms with Gasteiger partial charge in [0.1, 0.15) is 0 Å². The second kappa shape index (κ2) is 3.67. The van der Waals surface area contributed by atoms with E-state index in [4.69, 9.17) is 0 Å². The molecule has 0 aliphatic carbocycles. The highest BCUT2D eigenvalue weighted by atomic mass is 32.2. The molecule has 2 saturated heterocycles. The number of imide groups is 1. The first kappa shape index (κ1) is 9.02. The summed E-state index contributed by atoms with van der Waals surface area (Å²) in [6, 6.07) is 0.101. The van der Waals surface area contributed by atoms with Crippen molar-refractivity contribution < 1.29 is 9.59 Å². The summed E-state index contributed by atoms with van der Waals surface area (Å²) in [6.45, 7) is 1.76. The van der Waals surface area contributed by atoms with Crippen molar-refractivity contribution >= 4 is 22.9 Å². The fraction of sp³-hybridized carbons (Fsp3) is 0.750. The third-order valence-electron chi connectivity index (χ3n) is 2.42. The van der Waals surface area contributed by atoms with E-state index in [9.17, 15) is 9.59 Å². The Morgan fingerprint density at radius 3 is 2.85 bits per heavy atom. The summed E-state index contributed by atoms with van der Waals surface area (Å²) < 4.78 is 0. The van der Waals surface area contributed by atoms with Gasteiger partial charge >= 0.3 is 0 Å². The van der Waals surface area contributed by atoms with Crippen LogP contribution in [0.2, 0.25) is 0 Å². The van der Waals surface area contributed by atoms with E-state index in [1.807, 2.05) is 0 Å². The molecule has 2 fully saturated rings. The Morgan fingerprint density at radius 2 is 2.31 bits per heavy atom. The van der Waals surface area contributed by atoms with Crippen LogP contribution in [0.5, 0.6) is 0 Å². The van der Waals surface area contributed by atoms with Crippen LogP contribution in [-0.2, 0) is 4.79 Å². The number of amides is 2. The van der Waals surface area contributed by atoms with Crippen LogP contribution in [0.1, 0.15) is 12.8 Å². The molecular weight excluding hydrogens is 188 g/mol. The van der Waals surface area contributed by atoms with Gasteiger partial charge in [-0.3, -0.25) is 14.5 Å². The van der Waals surface area contributed by atoms with E-state index in [1.165, 1.54) is 4.90 Å². The van der Waals surface area contributed by atoms with Crippen molar-refractivity contribution in [3.63, 3.8) is 0 Å². The van der Waals surface area contributed by atoms with E-state index < -0.39 is 0 Å². The van der Waals surface area contributed by atoms with Gasteiger partial charge in [-0.05, 0) is 19.4 Å². The lowest BCUT2D eigenvalue weighted by Gasteiger charge is -2.29. The van der Waals surface area contributed by atoms with E-state index in [0.29, 0.717) is 5.75 Å². The zero-order chi connectivity index (χ0) is 9.26. The van der Waals surface area contributed by atoms with Crippen LogP contribution >= 0.6 is 11.8 Å². The van der Waals surface area contributed by atoms with Crippen LogP contribution in [0.4, 0.5) is 4.79 Å². The molecule has 1 unspecified atom stereocenters. The van der Waals surface area contributed by atoms with Gasteiger partial charge < -0.3 is 5.32 Å². The molecule has 2 rings (SSSR count). The van der Waals surface area contributed by atoms with Crippen LogP contribution in [0, 0.1) is 0 Å². The fourth-order valence-corrected chi connectivity index (χ4v) is 2.55. The molecule has 0 aromatic heterocycles. The van der Waals surface area contributed by atoms with Gasteiger partial charge in [0.15, 0.2) is 0 Å². The average Bonchev–Trinajstić information content (AvgIpc) is 2.48. The largest absolute Gasteiger partial charge is 0.315 e. The lowest BCUT2D eigenvalue weighted by molar-refractivity contribution is -0.126. The maximum Gasteiger partial charge on any atom is 0.289 e. The molecule has 2 aliphatic rings. The minimum atomic E-state index is -0.0706. The molecular formula is C8H12N2O2S. The Kier molecular flexibility index (Phi) is 2.55. The van der Waals surface area contributed by atoms with E-state index >= 15 is 0 Å². The monoisotopic (exact) mass is 200 g/mol. The first-order valence-electron chi connectivity index (χ1n) is 4.48. The van der Waals surface area contributed by atoms with E-state index in [-0.39, 0.29) is 17.2 Å². The number of piperidine rings is 1. The summed E-state index contributed by atoms with van der Waals surface area (Å²) in [5.41, 5.74) is 0. The molecule has 2 aliphatic heterocycles. The SMILES string of the molecule is O=C1CSC(=O)N1C1CCCNC1. The highest BCUT2D eigenvalue weighted by Crippen LogP contribution is 2.23. The van der Waals surface area contributed by atoms with Crippen molar-refractivity contribution in [1.29, 1.82) is 0 Å². The minimum Gasteiger partial charge on any atom is -0.315 e. The summed E-state index contributed by atoms with van der Waals surface area (Å²) in [5, 5.41) is 3.13. The smallest absolute Gasteiger partial charge is 0.289 e. The van der Waals surface area contributed by atoms with Gasteiger partial charge in [0.25, 0.3) is 5.24 Å². The van der Waals surface area contributed by atoms with Crippen molar-refractivity contribution in [2.24, 2.45) is 0 Å². The quantitative estimate of drug-likeness (QED) is 0.667. The van der Waals surface area contributed by atoms with Gasteiger partial charge in [0.05, 0.1) is 11.8 Å². The van der Waals surface area contributed by atoms with Gasteiger partial charge in [-0.25, -0.2) is 0 Å². The Balaban J connectivity index is 2.05. The summed E-state index contributed by atoms with van der Waals surface area (Å²) in [4.78, 5) is 24.1. The number of nitrogens with one attached hydrogen (secondary N) is 1. The van der Waals surface area contributed by atoms with Crippen LogP contribution in [0.3, 0.4) is 0 Å². The number of hydrogen-bond acceptors (Lipinski definition) is 4. The second-order valence-corrected chi connectivity index (χ2v) is 4.25. The van der Waals surface area contributed by atoms with E-state index in [0.717, 1.165) is 37.7 Å². The number of hydrogen-bond donors (Lipinski definition) is 1. The molecule has 1 atom stereocenters. The van der Waals surface area contributed by atoms with Gasteiger partial charge in [0.2, 0.25) is 5.91 Å². The molecule has 2 amide bonds. The van der Waals surface area contributed by atoms with Crippen molar-refractivity contribution in [3.8, 4) is 0 Å². The molecule has 0 spiro atoms. The van der Waals surface area contributed by atoms with Crippen LogP contribution in [-0.4, -0.2) is 40.9 Å². The summed E-state index contributed by atoms with van der Waals surface area (Å²) in [6.07, 6.45) is 2.00. The first-order valence-corrected chi connectivity index (χ1v) is 5.47. The van der Waals surface area contributed by atoms with Crippen molar-refractivity contribution in [2.75, 3.05) is 18.8 Å². The molecule has 0 aromatic carbocycles.